The lowest BCUT2D eigenvalue weighted by Gasteiger charge is -2.14. The number of hydrogen-bond donors (Lipinski definition) is 4. The van der Waals surface area contributed by atoms with Gasteiger partial charge in [0.15, 0.2) is 0 Å². The first-order valence-electron chi connectivity index (χ1n) is 8.11. The van der Waals surface area contributed by atoms with Crippen molar-refractivity contribution < 1.29 is 19.5 Å². The van der Waals surface area contributed by atoms with Crippen molar-refractivity contribution in [3.8, 4) is 0 Å². The van der Waals surface area contributed by atoms with Gasteiger partial charge in [-0.25, -0.2) is 0 Å². The fourth-order valence-corrected chi connectivity index (χ4v) is 2.32. The molecule has 0 aliphatic carbocycles. The number of benzene rings is 2. The monoisotopic (exact) mass is 355 g/mol. The normalized spacial score (nSPS) is 11.4. The van der Waals surface area contributed by atoms with Gasteiger partial charge in [-0.1, -0.05) is 30.3 Å². The van der Waals surface area contributed by atoms with Gasteiger partial charge < -0.3 is 15.7 Å². The number of hydrogen-bond acceptors (Lipinski definition) is 4. The van der Waals surface area contributed by atoms with Crippen molar-refractivity contribution in [1.29, 1.82) is 0 Å². The van der Waals surface area contributed by atoms with Crippen molar-refractivity contribution in [2.75, 3.05) is 10.6 Å². The fourth-order valence-electron chi connectivity index (χ4n) is 2.32. The molecule has 4 N–H and O–H groups in total. The van der Waals surface area contributed by atoms with E-state index in [2.05, 4.69) is 16.0 Å². The Hall–Kier alpha value is -3.19. The van der Waals surface area contributed by atoms with Gasteiger partial charge in [0.2, 0.25) is 11.8 Å². The van der Waals surface area contributed by atoms with E-state index in [1.165, 1.54) is 6.92 Å². The molecule has 0 radical (unpaired) electrons. The zero-order valence-electron chi connectivity index (χ0n) is 14.4. The van der Waals surface area contributed by atoms with Crippen molar-refractivity contribution in [2.24, 2.45) is 0 Å². The van der Waals surface area contributed by atoms with Crippen molar-refractivity contribution >= 4 is 29.2 Å². The average molecular weight is 355 g/mol. The Balaban J connectivity index is 1.88. The topological polar surface area (TPSA) is 108 Å². The Bertz CT molecular complexity index is 760. The highest BCUT2D eigenvalue weighted by molar-refractivity contribution is 5.94. The zero-order valence-corrected chi connectivity index (χ0v) is 14.4. The summed E-state index contributed by atoms with van der Waals surface area (Å²) >= 11 is 0. The van der Waals surface area contributed by atoms with Crippen LogP contribution in [0.4, 0.5) is 11.4 Å². The van der Waals surface area contributed by atoms with Crippen LogP contribution in [0.15, 0.2) is 54.6 Å². The van der Waals surface area contributed by atoms with E-state index in [0.717, 1.165) is 5.56 Å². The standard InChI is InChI=1S/C19H21N3O4/c1-13(23)21-15-7-9-16(10-8-15)22-18(24)11-17(19(25)26)20-12-14-5-3-2-4-6-14/h2-10,17,20H,11-12H2,1H3,(H,21,23)(H,22,24)(H,25,26)/t17-/m0/s1. The van der Waals surface area contributed by atoms with Gasteiger partial charge in [0.25, 0.3) is 0 Å². The third-order valence-electron chi connectivity index (χ3n) is 3.57. The van der Waals surface area contributed by atoms with Crippen LogP contribution < -0.4 is 16.0 Å². The molecule has 2 amide bonds. The number of carbonyl (C=O) groups excluding carboxylic acids is 2. The van der Waals surface area contributed by atoms with Crippen LogP contribution in [0, 0.1) is 0 Å². The van der Waals surface area contributed by atoms with Gasteiger partial charge in [-0.2, -0.15) is 0 Å². The number of nitrogens with one attached hydrogen (secondary N) is 3. The molecule has 0 fully saturated rings. The summed E-state index contributed by atoms with van der Waals surface area (Å²) in [7, 11) is 0. The second-order valence-electron chi connectivity index (χ2n) is 5.77. The number of carbonyl (C=O) groups is 3. The van der Waals surface area contributed by atoms with Crippen LogP contribution in [0.2, 0.25) is 0 Å². The van der Waals surface area contributed by atoms with E-state index in [0.29, 0.717) is 17.9 Å². The summed E-state index contributed by atoms with van der Waals surface area (Å²) in [5, 5.41) is 17.5. The zero-order chi connectivity index (χ0) is 18.9. The van der Waals surface area contributed by atoms with Crippen LogP contribution >= 0.6 is 0 Å². The largest absolute Gasteiger partial charge is 0.480 e. The number of anilines is 2. The van der Waals surface area contributed by atoms with Crippen LogP contribution in [0.5, 0.6) is 0 Å². The Labute approximate surface area is 151 Å². The van der Waals surface area contributed by atoms with Crippen LogP contribution in [-0.4, -0.2) is 28.9 Å². The molecule has 0 aliphatic heterocycles. The van der Waals surface area contributed by atoms with Crippen LogP contribution in [0.3, 0.4) is 0 Å². The van der Waals surface area contributed by atoms with Gasteiger partial charge in [-0.05, 0) is 29.8 Å². The van der Waals surface area contributed by atoms with Gasteiger partial charge >= 0.3 is 5.97 Å². The molecule has 1 atom stereocenters. The van der Waals surface area contributed by atoms with E-state index in [4.69, 9.17) is 0 Å². The highest BCUT2D eigenvalue weighted by Crippen LogP contribution is 2.14. The molecular weight excluding hydrogens is 334 g/mol. The number of carboxylic acid groups (broad SMARTS) is 1. The molecule has 7 heteroatoms. The third kappa shape index (κ3) is 6.37. The van der Waals surface area contributed by atoms with Crippen molar-refractivity contribution in [3.63, 3.8) is 0 Å². The smallest absolute Gasteiger partial charge is 0.321 e. The maximum absolute atomic E-state index is 12.1. The molecule has 0 aromatic heterocycles. The molecule has 136 valence electrons. The SMILES string of the molecule is CC(=O)Nc1ccc(NC(=O)C[C@H](NCc2ccccc2)C(=O)O)cc1. The van der Waals surface area contributed by atoms with Gasteiger partial charge in [0, 0.05) is 24.8 Å². The fraction of sp³-hybridized carbons (Fsp3) is 0.211. The molecule has 2 aromatic rings. The molecular formula is C19H21N3O4. The molecule has 0 saturated heterocycles. The van der Waals surface area contributed by atoms with E-state index < -0.39 is 17.9 Å². The second-order valence-corrected chi connectivity index (χ2v) is 5.77. The van der Waals surface area contributed by atoms with E-state index in [-0.39, 0.29) is 12.3 Å². The Morgan fingerprint density at radius 2 is 1.50 bits per heavy atom. The van der Waals surface area contributed by atoms with Crippen molar-refractivity contribution in [1.82, 2.24) is 5.32 Å². The third-order valence-corrected chi connectivity index (χ3v) is 3.57. The molecule has 0 heterocycles. The van der Waals surface area contributed by atoms with E-state index in [1.54, 1.807) is 24.3 Å². The molecule has 7 nitrogen and oxygen atoms in total. The van der Waals surface area contributed by atoms with Gasteiger partial charge in [0.1, 0.15) is 6.04 Å². The number of carboxylic acids is 1. The quantitative estimate of drug-likeness (QED) is 0.581. The van der Waals surface area contributed by atoms with Gasteiger partial charge in [-0.3, -0.25) is 19.7 Å². The summed E-state index contributed by atoms with van der Waals surface area (Å²) in [6.07, 6.45) is -0.199. The van der Waals surface area contributed by atoms with Crippen molar-refractivity contribution in [2.45, 2.75) is 25.9 Å². The lowest BCUT2D eigenvalue weighted by molar-refractivity contribution is -0.141. The molecule has 0 spiro atoms. The molecule has 2 aromatic carbocycles. The maximum atomic E-state index is 12.1. The molecule has 0 unspecified atom stereocenters. The number of aliphatic carboxylic acids is 1. The predicted octanol–water partition coefficient (Wildman–Crippen LogP) is 2.22. The van der Waals surface area contributed by atoms with E-state index in [1.807, 2.05) is 30.3 Å². The molecule has 0 aliphatic rings. The maximum Gasteiger partial charge on any atom is 0.321 e. The van der Waals surface area contributed by atoms with Crippen LogP contribution in [0.25, 0.3) is 0 Å². The van der Waals surface area contributed by atoms with Gasteiger partial charge in [-0.15, -0.1) is 0 Å². The minimum absolute atomic E-state index is 0.185. The Morgan fingerprint density at radius 3 is 2.04 bits per heavy atom. The summed E-state index contributed by atoms with van der Waals surface area (Å²) in [5.74, 6) is -1.68. The van der Waals surface area contributed by atoms with E-state index >= 15 is 0 Å². The number of amides is 2. The lowest BCUT2D eigenvalue weighted by Crippen LogP contribution is -2.39. The first-order valence-corrected chi connectivity index (χ1v) is 8.11. The average Bonchev–Trinajstić information content (AvgIpc) is 2.60. The second kappa shape index (κ2) is 9.33. The summed E-state index contributed by atoms with van der Waals surface area (Å²) < 4.78 is 0. The predicted molar refractivity (Wildman–Crippen MR) is 98.7 cm³/mol. The highest BCUT2D eigenvalue weighted by Gasteiger charge is 2.20. The molecule has 26 heavy (non-hydrogen) atoms. The van der Waals surface area contributed by atoms with Gasteiger partial charge in [0.05, 0.1) is 6.42 Å². The summed E-state index contributed by atoms with van der Waals surface area (Å²) in [6.45, 7) is 1.76. The van der Waals surface area contributed by atoms with E-state index in [9.17, 15) is 19.5 Å². The van der Waals surface area contributed by atoms with Crippen LogP contribution in [-0.2, 0) is 20.9 Å². The minimum Gasteiger partial charge on any atom is -0.480 e. The summed E-state index contributed by atoms with van der Waals surface area (Å²) in [4.78, 5) is 34.5. The minimum atomic E-state index is -1.09. The van der Waals surface area contributed by atoms with Crippen LogP contribution in [0.1, 0.15) is 18.9 Å². The number of rotatable bonds is 8. The van der Waals surface area contributed by atoms with Crippen molar-refractivity contribution in [3.05, 3.63) is 60.2 Å². The molecule has 0 bridgehead atoms. The first-order chi connectivity index (χ1) is 12.4. The summed E-state index contributed by atoms with van der Waals surface area (Å²) in [5.41, 5.74) is 2.08. The first kappa shape index (κ1) is 19.1. The highest BCUT2D eigenvalue weighted by atomic mass is 16.4. The Morgan fingerprint density at radius 1 is 0.923 bits per heavy atom. The summed E-state index contributed by atoms with van der Waals surface area (Å²) in [6, 6.07) is 14.9. The molecule has 0 saturated carbocycles. The Kier molecular flexibility index (Phi) is 6.87. The molecule has 2 rings (SSSR count). The lowest BCUT2D eigenvalue weighted by atomic mass is 10.1.